The summed E-state index contributed by atoms with van der Waals surface area (Å²) in [5.74, 6) is 0. The fourth-order valence-electron chi connectivity index (χ4n) is 1.67. The topological polar surface area (TPSA) is 55.2 Å². The summed E-state index contributed by atoms with van der Waals surface area (Å²) in [5.41, 5.74) is 0.481. The zero-order valence-corrected chi connectivity index (χ0v) is 12.7. The van der Waals surface area contributed by atoms with Gasteiger partial charge in [-0.15, -0.1) is 0 Å². The summed E-state index contributed by atoms with van der Waals surface area (Å²) in [6.07, 6.45) is 0. The van der Waals surface area contributed by atoms with E-state index in [9.17, 15) is 10.1 Å². The second kappa shape index (κ2) is 6.35. The van der Waals surface area contributed by atoms with Crippen molar-refractivity contribution in [2.75, 3.05) is 12.4 Å². The highest BCUT2D eigenvalue weighted by atomic mass is 35.5. The molecule has 104 valence electrons. The van der Waals surface area contributed by atoms with E-state index in [0.717, 1.165) is 0 Å². The summed E-state index contributed by atoms with van der Waals surface area (Å²) in [5, 5.41) is 15.1. The van der Waals surface area contributed by atoms with Crippen molar-refractivity contribution in [2.24, 2.45) is 0 Å². The summed E-state index contributed by atoms with van der Waals surface area (Å²) in [7, 11) is 1.64. The molecule has 0 aromatic heterocycles. The highest BCUT2D eigenvalue weighted by molar-refractivity contribution is 7.99. The lowest BCUT2D eigenvalue weighted by Gasteiger charge is -2.08. The third kappa shape index (κ3) is 3.17. The van der Waals surface area contributed by atoms with E-state index in [1.807, 2.05) is 0 Å². The van der Waals surface area contributed by atoms with Gasteiger partial charge in [-0.05, 0) is 30.3 Å². The molecule has 0 fully saturated rings. The molecular formula is C13H10Cl2N2O2S. The van der Waals surface area contributed by atoms with Crippen molar-refractivity contribution in [2.45, 2.75) is 9.79 Å². The average molecular weight is 329 g/mol. The second-order valence-electron chi connectivity index (χ2n) is 3.84. The zero-order valence-electron chi connectivity index (χ0n) is 10.4. The van der Waals surface area contributed by atoms with Gasteiger partial charge in [0, 0.05) is 17.0 Å². The fraction of sp³-hybridized carbons (Fsp3) is 0.0769. The fourth-order valence-corrected chi connectivity index (χ4v) is 3.15. The third-order valence-corrected chi connectivity index (χ3v) is 4.35. The molecule has 0 radical (unpaired) electrons. The lowest BCUT2D eigenvalue weighted by Crippen LogP contribution is -1.98. The molecule has 0 bridgehead atoms. The first-order valence-corrected chi connectivity index (χ1v) is 7.18. The Bertz CT molecular complexity index is 665. The van der Waals surface area contributed by atoms with E-state index < -0.39 is 4.92 Å². The monoisotopic (exact) mass is 328 g/mol. The average Bonchev–Trinajstić information content (AvgIpc) is 2.42. The van der Waals surface area contributed by atoms with E-state index in [0.29, 0.717) is 25.5 Å². The normalized spacial score (nSPS) is 10.3. The molecule has 2 aromatic carbocycles. The highest BCUT2D eigenvalue weighted by Crippen LogP contribution is 2.42. The van der Waals surface area contributed by atoms with Crippen LogP contribution in [-0.4, -0.2) is 12.0 Å². The number of halogens is 2. The number of para-hydroxylation sites is 1. The van der Waals surface area contributed by atoms with Crippen LogP contribution in [0.2, 0.25) is 10.0 Å². The number of rotatable bonds is 4. The van der Waals surface area contributed by atoms with Crippen molar-refractivity contribution < 1.29 is 4.92 Å². The molecule has 7 heteroatoms. The van der Waals surface area contributed by atoms with Crippen molar-refractivity contribution in [1.82, 2.24) is 0 Å². The first-order valence-electron chi connectivity index (χ1n) is 5.61. The Morgan fingerprint density at radius 1 is 1.20 bits per heavy atom. The minimum absolute atomic E-state index is 0.0241. The van der Waals surface area contributed by atoms with Gasteiger partial charge in [-0.25, -0.2) is 0 Å². The summed E-state index contributed by atoms with van der Waals surface area (Å²) in [4.78, 5) is 12.0. The molecule has 0 saturated carbocycles. The standard InChI is InChI=1S/C13H10Cl2N2O2S/c1-16-10-3-2-4-11(13(10)17(18)19)20-12-7-8(14)5-6-9(12)15/h2-7,16H,1H3. The van der Waals surface area contributed by atoms with Gasteiger partial charge in [0.1, 0.15) is 5.69 Å². The molecule has 4 nitrogen and oxygen atoms in total. The van der Waals surface area contributed by atoms with Crippen LogP contribution in [0.1, 0.15) is 0 Å². The maximum atomic E-state index is 11.2. The number of nitro groups is 1. The van der Waals surface area contributed by atoms with Gasteiger partial charge >= 0.3 is 5.69 Å². The molecule has 0 saturated heterocycles. The van der Waals surface area contributed by atoms with E-state index in [2.05, 4.69) is 5.32 Å². The molecule has 20 heavy (non-hydrogen) atoms. The zero-order chi connectivity index (χ0) is 14.7. The van der Waals surface area contributed by atoms with Crippen LogP contribution in [0, 0.1) is 10.1 Å². The molecular weight excluding hydrogens is 319 g/mol. The van der Waals surface area contributed by atoms with Crippen molar-refractivity contribution in [3.8, 4) is 0 Å². The van der Waals surface area contributed by atoms with Gasteiger partial charge in [-0.2, -0.15) is 0 Å². The van der Waals surface area contributed by atoms with Gasteiger partial charge in [-0.1, -0.05) is 41.0 Å². The van der Waals surface area contributed by atoms with Crippen molar-refractivity contribution >= 4 is 46.3 Å². The number of hydrogen-bond acceptors (Lipinski definition) is 4. The van der Waals surface area contributed by atoms with Gasteiger partial charge in [0.15, 0.2) is 0 Å². The van der Waals surface area contributed by atoms with Crippen LogP contribution in [-0.2, 0) is 0 Å². The summed E-state index contributed by atoms with van der Waals surface area (Å²) < 4.78 is 0. The van der Waals surface area contributed by atoms with Gasteiger partial charge in [0.05, 0.1) is 14.8 Å². The summed E-state index contributed by atoms with van der Waals surface area (Å²) in [6.45, 7) is 0. The number of nitro benzene ring substituents is 1. The molecule has 0 amide bonds. The molecule has 0 spiro atoms. The summed E-state index contributed by atoms with van der Waals surface area (Å²) >= 11 is 13.2. The van der Waals surface area contributed by atoms with Gasteiger partial charge in [0.25, 0.3) is 0 Å². The molecule has 0 atom stereocenters. The minimum Gasteiger partial charge on any atom is -0.383 e. The second-order valence-corrected chi connectivity index (χ2v) is 5.76. The molecule has 0 unspecified atom stereocenters. The van der Waals surface area contributed by atoms with E-state index in [-0.39, 0.29) is 5.69 Å². The number of nitrogens with zero attached hydrogens (tertiary/aromatic N) is 1. The quantitative estimate of drug-likeness (QED) is 0.627. The van der Waals surface area contributed by atoms with Gasteiger partial charge in [-0.3, -0.25) is 10.1 Å². The maximum Gasteiger partial charge on any atom is 0.306 e. The smallest absolute Gasteiger partial charge is 0.306 e. The summed E-state index contributed by atoms with van der Waals surface area (Å²) in [6, 6.07) is 10.1. The Labute approximate surface area is 130 Å². The van der Waals surface area contributed by atoms with Crippen LogP contribution in [0.4, 0.5) is 11.4 Å². The van der Waals surface area contributed by atoms with E-state index in [1.165, 1.54) is 11.8 Å². The van der Waals surface area contributed by atoms with Crippen LogP contribution in [0.5, 0.6) is 0 Å². The minimum atomic E-state index is -0.410. The Kier molecular flexibility index (Phi) is 4.75. The molecule has 0 aliphatic heterocycles. The first-order chi connectivity index (χ1) is 9.52. The van der Waals surface area contributed by atoms with Crippen LogP contribution >= 0.6 is 35.0 Å². The molecule has 0 heterocycles. The predicted molar refractivity (Wildman–Crippen MR) is 83.2 cm³/mol. The Balaban J connectivity index is 2.48. The number of benzene rings is 2. The lowest BCUT2D eigenvalue weighted by molar-refractivity contribution is -0.386. The Hall–Kier alpha value is -1.43. The molecule has 2 rings (SSSR count). The predicted octanol–water partition coefficient (Wildman–Crippen LogP) is 5.09. The molecule has 1 N–H and O–H groups in total. The third-order valence-electron chi connectivity index (χ3n) is 2.56. The largest absolute Gasteiger partial charge is 0.383 e. The maximum absolute atomic E-state index is 11.2. The van der Waals surface area contributed by atoms with Gasteiger partial charge < -0.3 is 5.32 Å². The highest BCUT2D eigenvalue weighted by Gasteiger charge is 2.20. The molecule has 0 aliphatic rings. The van der Waals surface area contributed by atoms with Crippen LogP contribution in [0.15, 0.2) is 46.2 Å². The Morgan fingerprint density at radius 2 is 1.95 bits per heavy atom. The van der Waals surface area contributed by atoms with Gasteiger partial charge in [0.2, 0.25) is 0 Å². The molecule has 0 aliphatic carbocycles. The van der Waals surface area contributed by atoms with Crippen LogP contribution < -0.4 is 5.32 Å². The SMILES string of the molecule is CNc1cccc(Sc2cc(Cl)ccc2Cl)c1[N+](=O)[O-]. The number of anilines is 1. The van der Waals surface area contributed by atoms with Crippen molar-refractivity contribution in [1.29, 1.82) is 0 Å². The molecule has 2 aromatic rings. The van der Waals surface area contributed by atoms with Crippen molar-refractivity contribution in [3.63, 3.8) is 0 Å². The van der Waals surface area contributed by atoms with E-state index in [4.69, 9.17) is 23.2 Å². The Morgan fingerprint density at radius 3 is 2.60 bits per heavy atom. The van der Waals surface area contributed by atoms with Crippen molar-refractivity contribution in [3.05, 3.63) is 56.6 Å². The number of nitrogens with one attached hydrogen (secondary N) is 1. The van der Waals surface area contributed by atoms with Crippen LogP contribution in [0.3, 0.4) is 0 Å². The number of hydrogen-bond donors (Lipinski definition) is 1. The van der Waals surface area contributed by atoms with E-state index >= 15 is 0 Å². The van der Waals surface area contributed by atoms with Crippen LogP contribution in [0.25, 0.3) is 0 Å². The van der Waals surface area contributed by atoms with E-state index in [1.54, 1.807) is 43.4 Å². The lowest BCUT2D eigenvalue weighted by atomic mass is 10.2. The first kappa shape index (κ1) is 15.0.